The molecule has 0 unspecified atom stereocenters. The lowest BCUT2D eigenvalue weighted by atomic mass is 10.2. The van der Waals surface area contributed by atoms with E-state index in [1.165, 1.54) is 0 Å². The predicted molar refractivity (Wildman–Crippen MR) is 71.9 cm³/mol. The van der Waals surface area contributed by atoms with E-state index in [0.29, 0.717) is 12.2 Å². The minimum Gasteiger partial charge on any atom is -1.00 e. The maximum atomic E-state index is 11.6. The van der Waals surface area contributed by atoms with Crippen molar-refractivity contribution in [2.24, 2.45) is 0 Å². The first kappa shape index (κ1) is 17.4. The maximum Gasteiger partial charge on any atom is 0.338 e. The van der Waals surface area contributed by atoms with E-state index in [1.54, 1.807) is 12.1 Å². The Hall–Kier alpha value is -0.580. The molecular formula is C13H19BrClNO2. The van der Waals surface area contributed by atoms with Gasteiger partial charge in [0.05, 0.1) is 39.9 Å². The van der Waals surface area contributed by atoms with Crippen molar-refractivity contribution in [1.29, 1.82) is 0 Å². The summed E-state index contributed by atoms with van der Waals surface area (Å²) >= 11 is 3.33. The summed E-state index contributed by atoms with van der Waals surface area (Å²) in [6.45, 7) is 1.47. The van der Waals surface area contributed by atoms with E-state index < -0.39 is 0 Å². The molecule has 3 nitrogen and oxygen atoms in total. The molecule has 102 valence electrons. The number of nitrogens with zero attached hydrogens (tertiary/aromatic N) is 1. The van der Waals surface area contributed by atoms with E-state index in [9.17, 15) is 4.79 Å². The zero-order chi connectivity index (χ0) is 12.9. The number of ether oxygens (including phenoxy) is 1. The number of hydrogen-bond acceptors (Lipinski definition) is 2. The second-order valence-electron chi connectivity index (χ2n) is 5.01. The Labute approximate surface area is 123 Å². The minimum absolute atomic E-state index is 0. The molecular weight excluding hydrogens is 318 g/mol. The third kappa shape index (κ3) is 6.99. The zero-order valence-corrected chi connectivity index (χ0v) is 13.3. The van der Waals surface area contributed by atoms with Gasteiger partial charge < -0.3 is 21.6 Å². The van der Waals surface area contributed by atoms with Crippen LogP contribution in [0.15, 0.2) is 28.7 Å². The number of halogens is 2. The van der Waals surface area contributed by atoms with Crippen molar-refractivity contribution in [3.05, 3.63) is 34.3 Å². The highest BCUT2D eigenvalue weighted by Gasteiger charge is 2.09. The lowest BCUT2D eigenvalue weighted by Crippen LogP contribution is -3.00. The monoisotopic (exact) mass is 335 g/mol. The molecule has 0 saturated carbocycles. The second kappa shape index (κ2) is 7.77. The highest BCUT2D eigenvalue weighted by Crippen LogP contribution is 2.11. The zero-order valence-electron chi connectivity index (χ0n) is 11.0. The van der Waals surface area contributed by atoms with Gasteiger partial charge in [0, 0.05) is 10.9 Å². The molecule has 5 heteroatoms. The lowest BCUT2D eigenvalue weighted by molar-refractivity contribution is -0.870. The normalized spacial score (nSPS) is 10.7. The van der Waals surface area contributed by atoms with Gasteiger partial charge in [-0.1, -0.05) is 15.9 Å². The van der Waals surface area contributed by atoms with Crippen molar-refractivity contribution in [2.45, 2.75) is 6.42 Å². The molecule has 0 spiro atoms. The average Bonchev–Trinajstić information content (AvgIpc) is 2.24. The third-order valence-electron chi connectivity index (χ3n) is 2.29. The number of rotatable bonds is 5. The van der Waals surface area contributed by atoms with E-state index in [0.717, 1.165) is 21.9 Å². The smallest absolute Gasteiger partial charge is 0.338 e. The largest absolute Gasteiger partial charge is 1.00 e. The van der Waals surface area contributed by atoms with Crippen molar-refractivity contribution >= 4 is 21.9 Å². The van der Waals surface area contributed by atoms with Gasteiger partial charge in [0.25, 0.3) is 0 Å². The SMILES string of the molecule is C[N+](C)(C)CCCOC(=O)c1ccc(Br)cc1.[Cl-]. The van der Waals surface area contributed by atoms with Crippen LogP contribution >= 0.6 is 15.9 Å². The Morgan fingerprint density at radius 3 is 2.28 bits per heavy atom. The Morgan fingerprint density at radius 1 is 1.22 bits per heavy atom. The topological polar surface area (TPSA) is 26.3 Å². The van der Waals surface area contributed by atoms with Gasteiger partial charge in [0.15, 0.2) is 0 Å². The van der Waals surface area contributed by atoms with Crippen LogP contribution in [0.3, 0.4) is 0 Å². The molecule has 18 heavy (non-hydrogen) atoms. The number of esters is 1. The maximum absolute atomic E-state index is 11.6. The van der Waals surface area contributed by atoms with Crippen LogP contribution < -0.4 is 12.4 Å². The summed E-state index contributed by atoms with van der Waals surface area (Å²) in [6.07, 6.45) is 0.881. The van der Waals surface area contributed by atoms with Crippen LogP contribution in [0, 0.1) is 0 Å². The molecule has 1 rings (SSSR count). The number of benzene rings is 1. The second-order valence-corrected chi connectivity index (χ2v) is 5.93. The van der Waals surface area contributed by atoms with Crippen molar-refractivity contribution < 1.29 is 26.4 Å². The van der Waals surface area contributed by atoms with E-state index in [1.807, 2.05) is 12.1 Å². The molecule has 1 aromatic carbocycles. The van der Waals surface area contributed by atoms with Gasteiger partial charge >= 0.3 is 5.97 Å². The van der Waals surface area contributed by atoms with Crippen LogP contribution in [0.25, 0.3) is 0 Å². The summed E-state index contributed by atoms with van der Waals surface area (Å²) in [5, 5.41) is 0. The van der Waals surface area contributed by atoms with E-state index in [-0.39, 0.29) is 18.4 Å². The number of carbonyl (C=O) groups is 1. The van der Waals surface area contributed by atoms with Crippen molar-refractivity contribution in [3.63, 3.8) is 0 Å². The molecule has 1 aromatic rings. The van der Waals surface area contributed by atoms with Gasteiger partial charge in [-0.25, -0.2) is 4.79 Å². The first-order valence-electron chi connectivity index (χ1n) is 5.62. The number of carbonyl (C=O) groups excluding carboxylic acids is 1. The minimum atomic E-state index is -0.251. The molecule has 0 atom stereocenters. The Morgan fingerprint density at radius 2 is 1.78 bits per heavy atom. The fourth-order valence-electron chi connectivity index (χ4n) is 1.37. The molecule has 0 aliphatic heterocycles. The van der Waals surface area contributed by atoms with Gasteiger partial charge in [-0.05, 0) is 24.3 Å². The average molecular weight is 337 g/mol. The lowest BCUT2D eigenvalue weighted by Gasteiger charge is -2.23. The Kier molecular flexibility index (Phi) is 7.52. The summed E-state index contributed by atoms with van der Waals surface area (Å²) < 4.78 is 7.04. The molecule has 0 aromatic heterocycles. The van der Waals surface area contributed by atoms with Crippen molar-refractivity contribution in [1.82, 2.24) is 0 Å². The molecule has 0 aliphatic carbocycles. The first-order chi connectivity index (χ1) is 7.88. The molecule has 0 N–H and O–H groups in total. The molecule has 0 radical (unpaired) electrons. The van der Waals surface area contributed by atoms with E-state index in [4.69, 9.17) is 4.74 Å². The molecule has 0 fully saturated rings. The van der Waals surface area contributed by atoms with Crippen LogP contribution in [-0.4, -0.2) is 44.7 Å². The fourth-order valence-corrected chi connectivity index (χ4v) is 1.64. The summed E-state index contributed by atoms with van der Waals surface area (Å²) in [6, 6.07) is 7.18. The van der Waals surface area contributed by atoms with Crippen LogP contribution in [-0.2, 0) is 4.74 Å². The number of hydrogen-bond donors (Lipinski definition) is 0. The fraction of sp³-hybridized carbons (Fsp3) is 0.462. The molecule has 0 amide bonds. The third-order valence-corrected chi connectivity index (χ3v) is 2.82. The number of quaternary nitrogens is 1. The highest BCUT2D eigenvalue weighted by atomic mass is 79.9. The summed E-state index contributed by atoms with van der Waals surface area (Å²) in [5.41, 5.74) is 0.596. The quantitative estimate of drug-likeness (QED) is 0.419. The van der Waals surface area contributed by atoms with Crippen LogP contribution in [0.4, 0.5) is 0 Å². The standard InChI is InChI=1S/C13H19BrNO2.ClH/c1-15(2,3)9-4-10-17-13(16)11-5-7-12(14)8-6-11;/h5-8H,4,9-10H2,1-3H3;1H/q+1;/p-1. The van der Waals surface area contributed by atoms with E-state index in [2.05, 4.69) is 37.1 Å². The van der Waals surface area contributed by atoms with Gasteiger partial charge in [-0.15, -0.1) is 0 Å². The van der Waals surface area contributed by atoms with Gasteiger partial charge in [0.1, 0.15) is 0 Å². The van der Waals surface area contributed by atoms with Crippen LogP contribution in [0.1, 0.15) is 16.8 Å². The van der Waals surface area contributed by atoms with Crippen LogP contribution in [0.2, 0.25) is 0 Å². The molecule has 0 saturated heterocycles. The molecule has 0 aliphatic rings. The van der Waals surface area contributed by atoms with Crippen molar-refractivity contribution in [3.8, 4) is 0 Å². The van der Waals surface area contributed by atoms with E-state index >= 15 is 0 Å². The van der Waals surface area contributed by atoms with Gasteiger partial charge in [-0.2, -0.15) is 0 Å². The van der Waals surface area contributed by atoms with Gasteiger partial charge in [-0.3, -0.25) is 0 Å². The highest BCUT2D eigenvalue weighted by molar-refractivity contribution is 9.10. The Bertz CT molecular complexity index is 374. The summed E-state index contributed by atoms with van der Waals surface area (Å²) in [7, 11) is 6.36. The summed E-state index contributed by atoms with van der Waals surface area (Å²) in [5.74, 6) is -0.251. The van der Waals surface area contributed by atoms with Crippen molar-refractivity contribution in [2.75, 3.05) is 34.3 Å². The Balaban J connectivity index is 0.00000289. The van der Waals surface area contributed by atoms with Crippen LogP contribution in [0.5, 0.6) is 0 Å². The predicted octanol–water partition coefficient (Wildman–Crippen LogP) is -0.294. The molecule has 0 heterocycles. The summed E-state index contributed by atoms with van der Waals surface area (Å²) in [4.78, 5) is 11.6. The first-order valence-corrected chi connectivity index (χ1v) is 6.41. The molecule has 0 bridgehead atoms. The van der Waals surface area contributed by atoms with Gasteiger partial charge in [0.2, 0.25) is 0 Å².